The average Bonchev–Trinajstić information content (AvgIpc) is 2.41. The molecule has 0 spiro atoms. The highest BCUT2D eigenvalue weighted by Crippen LogP contribution is 2.37. The van der Waals surface area contributed by atoms with Crippen LogP contribution in [0.3, 0.4) is 0 Å². The minimum atomic E-state index is 0.127. The molecule has 0 amide bonds. The van der Waals surface area contributed by atoms with Crippen molar-refractivity contribution in [1.82, 2.24) is 0 Å². The average molecular weight is 240 g/mol. The molecule has 0 aliphatic carbocycles. The number of aryl methyl sites for hydroxylation is 2. The van der Waals surface area contributed by atoms with Crippen LogP contribution >= 0.6 is 0 Å². The van der Waals surface area contributed by atoms with Gasteiger partial charge in [0.2, 0.25) is 0 Å². The number of aromatic hydroxyl groups is 1. The van der Waals surface area contributed by atoms with Crippen LogP contribution in [0.25, 0.3) is 0 Å². The van der Waals surface area contributed by atoms with Gasteiger partial charge < -0.3 is 9.84 Å². The van der Waals surface area contributed by atoms with E-state index in [1.165, 1.54) is 5.56 Å². The predicted molar refractivity (Wildman–Crippen MR) is 71.0 cm³/mol. The van der Waals surface area contributed by atoms with Gasteiger partial charge in [-0.2, -0.15) is 0 Å². The second-order valence-corrected chi connectivity index (χ2v) is 4.80. The highest BCUT2D eigenvalue weighted by atomic mass is 16.5. The van der Waals surface area contributed by atoms with E-state index in [1.54, 1.807) is 0 Å². The molecule has 1 aliphatic rings. The van der Waals surface area contributed by atoms with E-state index in [0.29, 0.717) is 5.75 Å². The zero-order valence-electron chi connectivity index (χ0n) is 10.4. The Hall–Kier alpha value is -1.96. The summed E-state index contributed by atoms with van der Waals surface area (Å²) in [5.74, 6) is 1.26. The summed E-state index contributed by atoms with van der Waals surface area (Å²) in [7, 11) is 0. The van der Waals surface area contributed by atoms with Gasteiger partial charge in [-0.15, -0.1) is 0 Å². The highest BCUT2D eigenvalue weighted by Gasteiger charge is 2.22. The summed E-state index contributed by atoms with van der Waals surface area (Å²) >= 11 is 0. The smallest absolute Gasteiger partial charge is 0.124 e. The lowest BCUT2D eigenvalue weighted by molar-refractivity contribution is 0.176. The van der Waals surface area contributed by atoms with E-state index < -0.39 is 0 Å². The summed E-state index contributed by atoms with van der Waals surface area (Å²) in [6, 6.07) is 14.0. The Bertz CT molecular complexity index is 561. The molecule has 3 rings (SSSR count). The fraction of sp³-hybridized carbons (Fsp3) is 0.250. The van der Waals surface area contributed by atoms with Crippen LogP contribution in [0.2, 0.25) is 0 Å². The standard InChI is InChI=1S/C16H16O2/c1-11-9-16-13(10-14(11)17)7-8-15(18-16)12-5-3-2-4-6-12/h2-6,9-10,15,17H,7-8H2,1H3. The van der Waals surface area contributed by atoms with Crippen molar-refractivity contribution in [2.45, 2.75) is 25.9 Å². The van der Waals surface area contributed by atoms with Gasteiger partial charge in [-0.1, -0.05) is 30.3 Å². The maximum Gasteiger partial charge on any atom is 0.124 e. The topological polar surface area (TPSA) is 29.5 Å². The Balaban J connectivity index is 1.92. The molecular weight excluding hydrogens is 224 g/mol. The van der Waals surface area contributed by atoms with Crippen LogP contribution in [0.15, 0.2) is 42.5 Å². The first-order valence-corrected chi connectivity index (χ1v) is 6.28. The van der Waals surface area contributed by atoms with Crippen molar-refractivity contribution in [3.63, 3.8) is 0 Å². The lowest BCUT2D eigenvalue weighted by atomic mass is 9.96. The Morgan fingerprint density at radius 2 is 1.94 bits per heavy atom. The normalized spacial score (nSPS) is 17.9. The molecule has 92 valence electrons. The molecule has 0 aromatic heterocycles. The van der Waals surface area contributed by atoms with E-state index in [1.807, 2.05) is 37.3 Å². The Labute approximate surface area is 107 Å². The summed E-state index contributed by atoms with van der Waals surface area (Å²) in [5, 5.41) is 9.70. The van der Waals surface area contributed by atoms with Crippen molar-refractivity contribution in [3.8, 4) is 11.5 Å². The van der Waals surface area contributed by atoms with Gasteiger partial charge >= 0.3 is 0 Å². The van der Waals surface area contributed by atoms with Crippen LogP contribution < -0.4 is 4.74 Å². The van der Waals surface area contributed by atoms with Crippen LogP contribution in [0, 0.1) is 6.92 Å². The largest absolute Gasteiger partial charge is 0.508 e. The van der Waals surface area contributed by atoms with Crippen LogP contribution in [0.4, 0.5) is 0 Å². The third-order valence-corrected chi connectivity index (χ3v) is 3.50. The zero-order chi connectivity index (χ0) is 12.5. The first-order chi connectivity index (χ1) is 8.74. The van der Waals surface area contributed by atoms with E-state index in [9.17, 15) is 5.11 Å². The van der Waals surface area contributed by atoms with Crippen molar-refractivity contribution in [2.75, 3.05) is 0 Å². The fourth-order valence-corrected chi connectivity index (χ4v) is 2.42. The molecule has 0 saturated carbocycles. The summed E-state index contributed by atoms with van der Waals surface area (Å²) < 4.78 is 6.04. The third kappa shape index (κ3) is 1.94. The molecule has 0 saturated heterocycles. The summed E-state index contributed by atoms with van der Waals surface area (Å²) in [4.78, 5) is 0. The van der Waals surface area contributed by atoms with Gasteiger partial charge in [0.25, 0.3) is 0 Å². The third-order valence-electron chi connectivity index (χ3n) is 3.50. The molecule has 0 bridgehead atoms. The maximum absolute atomic E-state index is 9.70. The van der Waals surface area contributed by atoms with Gasteiger partial charge in [-0.25, -0.2) is 0 Å². The number of rotatable bonds is 1. The van der Waals surface area contributed by atoms with Crippen molar-refractivity contribution >= 4 is 0 Å². The predicted octanol–water partition coefficient (Wildman–Crippen LogP) is 3.77. The van der Waals surface area contributed by atoms with Gasteiger partial charge in [0.15, 0.2) is 0 Å². The number of hydrogen-bond donors (Lipinski definition) is 1. The Morgan fingerprint density at radius 3 is 2.72 bits per heavy atom. The van der Waals surface area contributed by atoms with E-state index >= 15 is 0 Å². The summed E-state index contributed by atoms with van der Waals surface area (Å²) in [5.41, 5.74) is 3.18. The lowest BCUT2D eigenvalue weighted by Gasteiger charge is -2.27. The van der Waals surface area contributed by atoms with E-state index in [-0.39, 0.29) is 6.10 Å². The number of benzene rings is 2. The Morgan fingerprint density at radius 1 is 1.17 bits per heavy atom. The molecule has 1 unspecified atom stereocenters. The molecule has 1 atom stereocenters. The Kier molecular flexibility index (Phi) is 2.71. The molecule has 2 aromatic rings. The van der Waals surface area contributed by atoms with Crippen LogP contribution in [-0.2, 0) is 6.42 Å². The molecule has 2 nitrogen and oxygen atoms in total. The van der Waals surface area contributed by atoms with Crippen molar-refractivity contribution in [3.05, 3.63) is 59.2 Å². The maximum atomic E-state index is 9.70. The van der Waals surface area contributed by atoms with Gasteiger partial charge in [-0.3, -0.25) is 0 Å². The van der Waals surface area contributed by atoms with Crippen LogP contribution in [0.1, 0.15) is 29.2 Å². The number of ether oxygens (including phenoxy) is 1. The van der Waals surface area contributed by atoms with Crippen molar-refractivity contribution in [2.24, 2.45) is 0 Å². The molecule has 2 heteroatoms. The SMILES string of the molecule is Cc1cc2c(cc1O)CCC(c1ccccc1)O2. The number of phenolic OH excluding ortho intramolecular Hbond substituents is 1. The van der Waals surface area contributed by atoms with Crippen molar-refractivity contribution in [1.29, 1.82) is 0 Å². The fourth-order valence-electron chi connectivity index (χ4n) is 2.42. The van der Waals surface area contributed by atoms with Gasteiger partial charge in [-0.05, 0) is 48.6 Å². The van der Waals surface area contributed by atoms with E-state index in [0.717, 1.165) is 29.7 Å². The monoisotopic (exact) mass is 240 g/mol. The molecule has 2 aromatic carbocycles. The van der Waals surface area contributed by atoms with Gasteiger partial charge in [0.05, 0.1) is 0 Å². The summed E-state index contributed by atoms with van der Waals surface area (Å²) in [6.07, 6.45) is 2.03. The molecule has 0 fully saturated rings. The molecule has 0 radical (unpaired) electrons. The number of phenols is 1. The first-order valence-electron chi connectivity index (χ1n) is 6.28. The molecule has 1 N–H and O–H groups in total. The first kappa shape index (κ1) is 11.1. The van der Waals surface area contributed by atoms with Gasteiger partial charge in [0.1, 0.15) is 17.6 Å². The quantitative estimate of drug-likeness (QED) is 0.822. The molecule has 18 heavy (non-hydrogen) atoms. The van der Waals surface area contributed by atoms with Crippen LogP contribution in [0.5, 0.6) is 11.5 Å². The highest BCUT2D eigenvalue weighted by molar-refractivity contribution is 5.46. The lowest BCUT2D eigenvalue weighted by Crippen LogP contribution is -2.15. The minimum absolute atomic E-state index is 0.127. The molecular formula is C16H16O2. The zero-order valence-corrected chi connectivity index (χ0v) is 10.4. The summed E-state index contributed by atoms with van der Waals surface area (Å²) in [6.45, 7) is 1.89. The van der Waals surface area contributed by atoms with E-state index in [2.05, 4.69) is 12.1 Å². The van der Waals surface area contributed by atoms with Crippen molar-refractivity contribution < 1.29 is 9.84 Å². The van der Waals surface area contributed by atoms with E-state index in [4.69, 9.17) is 4.74 Å². The second-order valence-electron chi connectivity index (χ2n) is 4.80. The molecule has 1 aliphatic heterocycles. The second kappa shape index (κ2) is 4.37. The number of fused-ring (bicyclic) bond motifs is 1. The van der Waals surface area contributed by atoms with Gasteiger partial charge in [0, 0.05) is 0 Å². The van der Waals surface area contributed by atoms with Crippen LogP contribution in [-0.4, -0.2) is 5.11 Å². The number of hydrogen-bond acceptors (Lipinski definition) is 2. The molecule has 1 heterocycles. The minimum Gasteiger partial charge on any atom is -0.508 e.